The highest BCUT2D eigenvalue weighted by Crippen LogP contribution is 2.39. The number of anilines is 2. The number of carbonyl (C=O) groups excluding carboxylic acids is 1. The van der Waals surface area contributed by atoms with Crippen molar-refractivity contribution in [2.75, 3.05) is 5.32 Å². The van der Waals surface area contributed by atoms with Crippen molar-refractivity contribution in [2.45, 2.75) is 78.0 Å². The van der Waals surface area contributed by atoms with Crippen molar-refractivity contribution in [1.29, 1.82) is 0 Å². The molecule has 2 aliphatic rings. The number of rotatable bonds is 7. The molecule has 178 valence electrons. The van der Waals surface area contributed by atoms with Gasteiger partial charge in [-0.2, -0.15) is 5.10 Å². The zero-order valence-electron chi connectivity index (χ0n) is 20.5. The number of nitrogens with one attached hydrogen (secondary N) is 1. The van der Waals surface area contributed by atoms with E-state index in [0.29, 0.717) is 24.4 Å². The van der Waals surface area contributed by atoms with Gasteiger partial charge in [-0.3, -0.25) is 9.48 Å². The summed E-state index contributed by atoms with van der Waals surface area (Å²) in [5, 5.41) is 9.08. The standard InChI is InChI=1S/C25H32N8O/c1-6-31-19(25(34)32(16-7-8-16)17-9-10-17)12-18-22-21(26-13-30(22)5)23(28-24(18)31)27-20-11-15(4)33(29-20)14(2)3/h11-14,16-17H,6-10H2,1-5H3,(H,27,28,29). The Morgan fingerprint density at radius 1 is 1.21 bits per heavy atom. The molecule has 1 N–H and O–H groups in total. The fourth-order valence-electron chi connectivity index (χ4n) is 5.16. The average molecular weight is 461 g/mol. The number of pyridine rings is 1. The number of hydrogen-bond donors (Lipinski definition) is 1. The number of amides is 1. The summed E-state index contributed by atoms with van der Waals surface area (Å²) in [6.45, 7) is 9.03. The smallest absolute Gasteiger partial charge is 0.271 e. The second-order valence-corrected chi connectivity index (χ2v) is 10.0. The lowest BCUT2D eigenvalue weighted by molar-refractivity contribution is 0.0719. The Morgan fingerprint density at radius 2 is 1.91 bits per heavy atom. The Balaban J connectivity index is 1.49. The molecule has 2 saturated carbocycles. The molecule has 0 atom stereocenters. The number of nitrogens with zero attached hydrogens (tertiary/aromatic N) is 7. The van der Waals surface area contributed by atoms with Crippen LogP contribution in [0.15, 0.2) is 18.5 Å². The van der Waals surface area contributed by atoms with Crippen LogP contribution in [0.4, 0.5) is 11.6 Å². The summed E-state index contributed by atoms with van der Waals surface area (Å²) in [7, 11) is 1.99. The van der Waals surface area contributed by atoms with Gasteiger partial charge < -0.3 is 19.4 Å². The molecule has 4 aromatic heterocycles. The summed E-state index contributed by atoms with van der Waals surface area (Å²) >= 11 is 0. The van der Waals surface area contributed by atoms with Crippen molar-refractivity contribution >= 4 is 39.6 Å². The van der Waals surface area contributed by atoms with Gasteiger partial charge in [-0.15, -0.1) is 0 Å². The lowest BCUT2D eigenvalue weighted by Crippen LogP contribution is -2.36. The first-order chi connectivity index (χ1) is 16.4. The van der Waals surface area contributed by atoms with Crippen LogP contribution in [-0.4, -0.2) is 51.8 Å². The van der Waals surface area contributed by atoms with E-state index >= 15 is 0 Å². The molecule has 1 amide bonds. The van der Waals surface area contributed by atoms with Crippen molar-refractivity contribution < 1.29 is 4.79 Å². The Labute approximate surface area is 198 Å². The molecule has 0 radical (unpaired) electrons. The van der Waals surface area contributed by atoms with Crippen LogP contribution < -0.4 is 5.32 Å². The SMILES string of the molecule is CCn1c(C(=O)N(C2CC2)C2CC2)cc2c3c(ncn3C)c(Nc3cc(C)n(C(C)C)n3)nc21. The second-order valence-electron chi connectivity index (χ2n) is 10.0. The van der Waals surface area contributed by atoms with E-state index in [1.165, 1.54) is 0 Å². The minimum Gasteiger partial charge on any atom is -0.333 e. The van der Waals surface area contributed by atoms with Gasteiger partial charge >= 0.3 is 0 Å². The second kappa shape index (κ2) is 7.58. The number of carbonyl (C=O) groups is 1. The lowest BCUT2D eigenvalue weighted by Gasteiger charge is -2.22. The molecule has 2 aliphatic carbocycles. The summed E-state index contributed by atoms with van der Waals surface area (Å²) in [5.74, 6) is 1.54. The van der Waals surface area contributed by atoms with E-state index in [1.54, 1.807) is 6.33 Å². The quantitative estimate of drug-likeness (QED) is 0.438. The van der Waals surface area contributed by atoms with Crippen LogP contribution in [0, 0.1) is 6.92 Å². The van der Waals surface area contributed by atoms with Crippen LogP contribution in [0.1, 0.15) is 68.7 Å². The van der Waals surface area contributed by atoms with E-state index in [9.17, 15) is 4.79 Å². The minimum atomic E-state index is 0.140. The zero-order valence-corrected chi connectivity index (χ0v) is 20.5. The van der Waals surface area contributed by atoms with E-state index in [0.717, 1.165) is 65.0 Å². The Bertz CT molecular complexity index is 1400. The highest BCUT2D eigenvalue weighted by Gasteiger charge is 2.43. The van der Waals surface area contributed by atoms with Gasteiger partial charge in [0.15, 0.2) is 11.6 Å². The molecule has 4 aromatic rings. The Morgan fingerprint density at radius 3 is 2.50 bits per heavy atom. The van der Waals surface area contributed by atoms with Crippen LogP contribution in [-0.2, 0) is 13.6 Å². The van der Waals surface area contributed by atoms with Crippen molar-refractivity contribution in [1.82, 2.24) is 33.8 Å². The number of fused-ring (bicyclic) bond motifs is 3. The molecule has 6 rings (SSSR count). The molecule has 0 aromatic carbocycles. The maximum absolute atomic E-state index is 13.7. The van der Waals surface area contributed by atoms with E-state index in [-0.39, 0.29) is 11.9 Å². The summed E-state index contributed by atoms with van der Waals surface area (Å²) in [6, 6.07) is 5.14. The van der Waals surface area contributed by atoms with Crippen molar-refractivity contribution in [3.63, 3.8) is 0 Å². The molecular weight excluding hydrogens is 428 g/mol. The molecule has 9 nitrogen and oxygen atoms in total. The van der Waals surface area contributed by atoms with Gasteiger partial charge in [0.1, 0.15) is 16.9 Å². The van der Waals surface area contributed by atoms with Crippen LogP contribution >= 0.6 is 0 Å². The fraction of sp³-hybridized carbons (Fsp3) is 0.520. The van der Waals surface area contributed by atoms with E-state index in [2.05, 4.69) is 47.5 Å². The highest BCUT2D eigenvalue weighted by molar-refractivity contribution is 6.10. The third kappa shape index (κ3) is 3.28. The van der Waals surface area contributed by atoms with Gasteiger partial charge in [0.25, 0.3) is 5.91 Å². The molecule has 9 heteroatoms. The Hall–Kier alpha value is -3.36. The number of imidazole rings is 1. The van der Waals surface area contributed by atoms with Crippen LogP contribution in [0.3, 0.4) is 0 Å². The third-order valence-corrected chi connectivity index (χ3v) is 7.01. The number of hydrogen-bond acceptors (Lipinski definition) is 5. The molecular formula is C25H32N8O. The van der Waals surface area contributed by atoms with Crippen LogP contribution in [0.5, 0.6) is 0 Å². The van der Waals surface area contributed by atoms with Crippen molar-refractivity contribution in [3.8, 4) is 0 Å². The summed E-state index contributed by atoms with van der Waals surface area (Å²) in [6.07, 6.45) is 6.29. The topological polar surface area (TPSA) is 85.8 Å². The normalized spacial score (nSPS) is 16.2. The highest BCUT2D eigenvalue weighted by atomic mass is 16.2. The molecule has 0 bridgehead atoms. The molecule has 34 heavy (non-hydrogen) atoms. The summed E-state index contributed by atoms with van der Waals surface area (Å²) in [4.78, 5) is 25.5. The van der Waals surface area contributed by atoms with Gasteiger partial charge in [-0.25, -0.2) is 9.97 Å². The van der Waals surface area contributed by atoms with E-state index in [4.69, 9.17) is 10.1 Å². The third-order valence-electron chi connectivity index (χ3n) is 7.01. The largest absolute Gasteiger partial charge is 0.333 e. The van der Waals surface area contributed by atoms with Gasteiger partial charge in [0.2, 0.25) is 0 Å². The fourth-order valence-corrected chi connectivity index (χ4v) is 5.16. The van der Waals surface area contributed by atoms with Crippen molar-refractivity contribution in [2.24, 2.45) is 7.05 Å². The van der Waals surface area contributed by atoms with Gasteiger partial charge in [0, 0.05) is 48.9 Å². The first kappa shape index (κ1) is 21.2. The van der Waals surface area contributed by atoms with E-state index in [1.807, 2.05) is 28.4 Å². The number of aromatic nitrogens is 6. The monoisotopic (exact) mass is 460 g/mol. The predicted molar refractivity (Wildman–Crippen MR) is 133 cm³/mol. The summed E-state index contributed by atoms with van der Waals surface area (Å²) < 4.78 is 6.06. The Kier molecular flexibility index (Phi) is 4.72. The van der Waals surface area contributed by atoms with Gasteiger partial charge in [-0.05, 0) is 59.4 Å². The number of aryl methyl sites for hydroxylation is 3. The molecule has 0 aliphatic heterocycles. The first-order valence-corrected chi connectivity index (χ1v) is 12.4. The first-order valence-electron chi connectivity index (χ1n) is 12.4. The molecule has 0 unspecified atom stereocenters. The van der Waals surface area contributed by atoms with Crippen LogP contribution in [0.25, 0.3) is 22.1 Å². The zero-order chi connectivity index (χ0) is 23.7. The molecule has 0 spiro atoms. The molecule has 4 heterocycles. The molecule has 0 saturated heterocycles. The van der Waals surface area contributed by atoms with Crippen LogP contribution in [0.2, 0.25) is 0 Å². The van der Waals surface area contributed by atoms with Crippen molar-refractivity contribution in [3.05, 3.63) is 29.8 Å². The van der Waals surface area contributed by atoms with Gasteiger partial charge in [0.05, 0.1) is 11.8 Å². The summed E-state index contributed by atoms with van der Waals surface area (Å²) in [5.41, 5.74) is 4.36. The predicted octanol–water partition coefficient (Wildman–Crippen LogP) is 4.54. The lowest BCUT2D eigenvalue weighted by atomic mass is 10.2. The maximum atomic E-state index is 13.7. The molecule has 2 fully saturated rings. The average Bonchev–Trinajstić information content (AvgIpc) is 3.71. The van der Waals surface area contributed by atoms with Gasteiger partial charge in [-0.1, -0.05) is 0 Å². The minimum absolute atomic E-state index is 0.140. The van der Waals surface area contributed by atoms with E-state index < -0.39 is 0 Å². The maximum Gasteiger partial charge on any atom is 0.271 e.